The molecule has 1 amide bonds. The molecule has 4 nitrogen and oxygen atoms in total. The van der Waals surface area contributed by atoms with Crippen LogP contribution in [0.4, 0.5) is 0 Å². The van der Waals surface area contributed by atoms with E-state index in [1.807, 2.05) is 16.8 Å². The number of carbonyl (C=O) groups excluding carboxylic acids is 1. The third-order valence-corrected chi connectivity index (χ3v) is 3.27. The van der Waals surface area contributed by atoms with Crippen LogP contribution in [0.1, 0.15) is 26.7 Å². The van der Waals surface area contributed by atoms with Gasteiger partial charge in [-0.25, -0.2) is 0 Å². The molecule has 1 fully saturated rings. The van der Waals surface area contributed by atoms with Gasteiger partial charge in [0.05, 0.1) is 6.61 Å². The first kappa shape index (κ1) is 12.5. The van der Waals surface area contributed by atoms with Gasteiger partial charge < -0.3 is 10.0 Å². The number of likely N-dealkylation sites (N-methyl/N-ethyl adjacent to an activating group) is 1. The molecule has 0 aromatic heterocycles. The van der Waals surface area contributed by atoms with E-state index in [0.717, 1.165) is 25.9 Å². The summed E-state index contributed by atoms with van der Waals surface area (Å²) < 4.78 is 0. The number of aliphatic hydroxyl groups excluding tert-OH is 1. The fraction of sp³-hybridized carbons (Fsp3) is 0.909. The maximum absolute atomic E-state index is 12.0. The zero-order valence-electron chi connectivity index (χ0n) is 9.94. The monoisotopic (exact) mass is 214 g/mol. The number of amides is 1. The molecule has 1 saturated heterocycles. The van der Waals surface area contributed by atoms with E-state index in [2.05, 4.69) is 13.8 Å². The molecule has 0 radical (unpaired) electrons. The van der Waals surface area contributed by atoms with E-state index in [1.54, 1.807) is 0 Å². The summed E-state index contributed by atoms with van der Waals surface area (Å²) in [5.74, 6) is 0.0752. The van der Waals surface area contributed by atoms with Crippen molar-refractivity contribution >= 4 is 5.91 Å². The number of nitrogens with zero attached hydrogens (tertiary/aromatic N) is 2. The van der Waals surface area contributed by atoms with Crippen LogP contribution in [-0.2, 0) is 4.79 Å². The van der Waals surface area contributed by atoms with Gasteiger partial charge in [-0.3, -0.25) is 9.69 Å². The van der Waals surface area contributed by atoms with Gasteiger partial charge in [0.1, 0.15) is 6.04 Å². The highest BCUT2D eigenvalue weighted by Crippen LogP contribution is 2.15. The summed E-state index contributed by atoms with van der Waals surface area (Å²) in [6.45, 7) is 5.70. The van der Waals surface area contributed by atoms with E-state index >= 15 is 0 Å². The third kappa shape index (κ3) is 2.69. The molecule has 1 aliphatic heterocycles. The number of carbonyl (C=O) groups is 1. The molecule has 4 heteroatoms. The molecule has 1 aliphatic rings. The zero-order chi connectivity index (χ0) is 11.4. The van der Waals surface area contributed by atoms with E-state index in [0.29, 0.717) is 6.04 Å². The van der Waals surface area contributed by atoms with Crippen LogP contribution in [0.3, 0.4) is 0 Å². The molecule has 0 aliphatic carbocycles. The number of aliphatic hydroxyl groups is 1. The summed E-state index contributed by atoms with van der Waals surface area (Å²) >= 11 is 0. The molecule has 0 spiro atoms. The summed E-state index contributed by atoms with van der Waals surface area (Å²) in [6, 6.07) is 0.00186. The SMILES string of the molecule is CCCN1CCC(C)N(C)C(CO)C1=O. The highest BCUT2D eigenvalue weighted by molar-refractivity contribution is 5.82. The maximum Gasteiger partial charge on any atom is 0.242 e. The Morgan fingerprint density at radius 2 is 2.20 bits per heavy atom. The molecule has 0 aromatic rings. The minimum atomic E-state index is -0.353. The predicted octanol–water partition coefficient (Wildman–Crippen LogP) is 0.310. The van der Waals surface area contributed by atoms with E-state index in [4.69, 9.17) is 0 Å². The summed E-state index contributed by atoms with van der Waals surface area (Å²) in [6.07, 6.45) is 1.96. The van der Waals surface area contributed by atoms with E-state index < -0.39 is 0 Å². The second-order valence-electron chi connectivity index (χ2n) is 4.33. The van der Waals surface area contributed by atoms with Crippen LogP contribution in [0, 0.1) is 0 Å². The lowest BCUT2D eigenvalue weighted by Crippen LogP contribution is -2.48. The van der Waals surface area contributed by atoms with Crippen LogP contribution in [0.15, 0.2) is 0 Å². The fourth-order valence-electron chi connectivity index (χ4n) is 2.05. The van der Waals surface area contributed by atoms with Gasteiger partial charge in [0, 0.05) is 19.1 Å². The molecule has 1 rings (SSSR count). The Morgan fingerprint density at radius 3 is 2.73 bits per heavy atom. The second kappa shape index (κ2) is 5.47. The molecule has 0 bridgehead atoms. The molecule has 0 aromatic carbocycles. The van der Waals surface area contributed by atoms with Crippen molar-refractivity contribution in [1.82, 2.24) is 9.80 Å². The average Bonchev–Trinajstić information content (AvgIpc) is 2.32. The van der Waals surface area contributed by atoms with Gasteiger partial charge >= 0.3 is 0 Å². The first-order valence-electron chi connectivity index (χ1n) is 5.73. The van der Waals surface area contributed by atoms with Crippen LogP contribution >= 0.6 is 0 Å². The number of hydrogen-bond donors (Lipinski definition) is 1. The number of hydrogen-bond acceptors (Lipinski definition) is 3. The van der Waals surface area contributed by atoms with Crippen LogP contribution in [0.2, 0.25) is 0 Å². The van der Waals surface area contributed by atoms with E-state index in [9.17, 15) is 9.90 Å². The van der Waals surface area contributed by atoms with Gasteiger partial charge in [-0.15, -0.1) is 0 Å². The van der Waals surface area contributed by atoms with Crippen LogP contribution < -0.4 is 0 Å². The van der Waals surface area contributed by atoms with Gasteiger partial charge in [-0.1, -0.05) is 6.92 Å². The van der Waals surface area contributed by atoms with Crippen LogP contribution in [0.25, 0.3) is 0 Å². The Bertz CT molecular complexity index is 221. The van der Waals surface area contributed by atoms with Gasteiger partial charge in [0.25, 0.3) is 0 Å². The molecular weight excluding hydrogens is 192 g/mol. The normalized spacial score (nSPS) is 29.3. The second-order valence-corrected chi connectivity index (χ2v) is 4.33. The molecule has 88 valence electrons. The standard InChI is InChI=1S/C11H22N2O2/c1-4-6-13-7-5-9(2)12(3)10(8-14)11(13)15/h9-10,14H,4-8H2,1-3H3. The maximum atomic E-state index is 12.0. The molecular formula is C11H22N2O2. The third-order valence-electron chi connectivity index (χ3n) is 3.27. The van der Waals surface area contributed by atoms with E-state index in [-0.39, 0.29) is 18.6 Å². The van der Waals surface area contributed by atoms with Crippen molar-refractivity contribution < 1.29 is 9.90 Å². The fourth-order valence-corrected chi connectivity index (χ4v) is 2.05. The van der Waals surface area contributed by atoms with Crippen LogP contribution in [-0.4, -0.2) is 59.6 Å². The van der Waals surface area contributed by atoms with Crippen molar-refractivity contribution in [2.24, 2.45) is 0 Å². The molecule has 2 atom stereocenters. The summed E-state index contributed by atoms with van der Waals surface area (Å²) in [5.41, 5.74) is 0. The summed E-state index contributed by atoms with van der Waals surface area (Å²) in [7, 11) is 1.92. The molecule has 0 saturated carbocycles. The largest absolute Gasteiger partial charge is 0.394 e. The molecule has 15 heavy (non-hydrogen) atoms. The zero-order valence-corrected chi connectivity index (χ0v) is 9.94. The Balaban J connectivity index is 2.77. The van der Waals surface area contributed by atoms with E-state index in [1.165, 1.54) is 0 Å². The first-order chi connectivity index (χ1) is 7.11. The Hall–Kier alpha value is -0.610. The van der Waals surface area contributed by atoms with Crippen LogP contribution in [0.5, 0.6) is 0 Å². The van der Waals surface area contributed by atoms with Gasteiger partial charge in [-0.05, 0) is 26.8 Å². The highest BCUT2D eigenvalue weighted by Gasteiger charge is 2.32. The first-order valence-corrected chi connectivity index (χ1v) is 5.73. The lowest BCUT2D eigenvalue weighted by Gasteiger charge is -2.28. The molecule has 2 unspecified atom stereocenters. The molecule has 1 N–H and O–H groups in total. The van der Waals surface area contributed by atoms with Crippen molar-refractivity contribution in [2.45, 2.75) is 38.8 Å². The average molecular weight is 214 g/mol. The Morgan fingerprint density at radius 1 is 1.53 bits per heavy atom. The lowest BCUT2D eigenvalue weighted by molar-refractivity contribution is -0.136. The predicted molar refractivity (Wildman–Crippen MR) is 59.6 cm³/mol. The number of rotatable bonds is 3. The summed E-state index contributed by atoms with van der Waals surface area (Å²) in [5, 5.41) is 9.27. The quantitative estimate of drug-likeness (QED) is 0.735. The minimum absolute atomic E-state index is 0.0752. The Labute approximate surface area is 91.9 Å². The van der Waals surface area contributed by atoms with Crippen molar-refractivity contribution in [2.75, 3.05) is 26.7 Å². The van der Waals surface area contributed by atoms with Gasteiger partial charge in [0.15, 0.2) is 0 Å². The lowest BCUT2D eigenvalue weighted by atomic mass is 10.2. The summed E-state index contributed by atoms with van der Waals surface area (Å²) in [4.78, 5) is 15.9. The minimum Gasteiger partial charge on any atom is -0.394 e. The van der Waals surface area contributed by atoms with Gasteiger partial charge in [-0.2, -0.15) is 0 Å². The molecule has 1 heterocycles. The smallest absolute Gasteiger partial charge is 0.242 e. The topological polar surface area (TPSA) is 43.8 Å². The van der Waals surface area contributed by atoms with Crippen molar-refractivity contribution in [3.05, 3.63) is 0 Å². The van der Waals surface area contributed by atoms with Crippen molar-refractivity contribution in [1.29, 1.82) is 0 Å². The van der Waals surface area contributed by atoms with Gasteiger partial charge in [0.2, 0.25) is 5.91 Å². The highest BCUT2D eigenvalue weighted by atomic mass is 16.3. The van der Waals surface area contributed by atoms with Crippen molar-refractivity contribution in [3.63, 3.8) is 0 Å². The van der Waals surface area contributed by atoms with Crippen molar-refractivity contribution in [3.8, 4) is 0 Å². The Kier molecular flexibility index (Phi) is 4.54.